The Morgan fingerprint density at radius 1 is 1.53 bits per heavy atom. The number of anilines is 2. The van der Waals surface area contributed by atoms with Crippen molar-refractivity contribution in [3.05, 3.63) is 35.3 Å². The molecule has 0 saturated carbocycles. The third-order valence-corrected chi connectivity index (χ3v) is 2.82. The van der Waals surface area contributed by atoms with Gasteiger partial charge in [0.2, 0.25) is 0 Å². The van der Waals surface area contributed by atoms with E-state index in [0.717, 1.165) is 17.7 Å². The molecular weight excluding hydrogens is 240 g/mol. The van der Waals surface area contributed by atoms with E-state index in [2.05, 4.69) is 22.3 Å². The van der Waals surface area contributed by atoms with Crippen molar-refractivity contribution in [1.82, 2.24) is 14.8 Å². The lowest BCUT2D eigenvalue weighted by Crippen LogP contribution is -2.05. The molecule has 0 fully saturated rings. The zero-order chi connectivity index (χ0) is 13.8. The lowest BCUT2D eigenvalue weighted by atomic mass is 10.2. The highest BCUT2D eigenvalue weighted by molar-refractivity contribution is 5.63. The second-order valence-corrected chi connectivity index (χ2v) is 4.26. The fourth-order valence-electron chi connectivity index (χ4n) is 1.90. The van der Waals surface area contributed by atoms with E-state index in [1.807, 2.05) is 19.3 Å². The van der Waals surface area contributed by atoms with Gasteiger partial charge in [-0.2, -0.15) is 10.4 Å². The van der Waals surface area contributed by atoms with Gasteiger partial charge in [-0.3, -0.25) is 4.68 Å². The zero-order valence-corrected chi connectivity index (χ0v) is 11.0. The molecule has 2 aromatic rings. The van der Waals surface area contributed by atoms with Crippen molar-refractivity contribution in [2.24, 2.45) is 7.05 Å². The van der Waals surface area contributed by atoms with Gasteiger partial charge in [-0.1, -0.05) is 6.92 Å². The van der Waals surface area contributed by atoms with Crippen LogP contribution in [-0.2, 0) is 20.0 Å². The van der Waals surface area contributed by atoms with Crippen LogP contribution in [0.3, 0.4) is 0 Å². The van der Waals surface area contributed by atoms with Crippen LogP contribution in [0.2, 0.25) is 0 Å². The largest absolute Gasteiger partial charge is 0.396 e. The monoisotopic (exact) mass is 256 g/mol. The summed E-state index contributed by atoms with van der Waals surface area (Å²) in [7, 11) is 1.90. The molecule has 2 heterocycles. The number of nitrogens with one attached hydrogen (secondary N) is 1. The molecule has 0 aliphatic carbocycles. The Morgan fingerprint density at radius 2 is 2.32 bits per heavy atom. The summed E-state index contributed by atoms with van der Waals surface area (Å²) < 4.78 is 1.80. The first kappa shape index (κ1) is 12.9. The Kier molecular flexibility index (Phi) is 3.66. The average molecular weight is 256 g/mol. The summed E-state index contributed by atoms with van der Waals surface area (Å²) in [6, 6.07) is 3.62. The van der Waals surface area contributed by atoms with E-state index in [4.69, 9.17) is 11.0 Å². The predicted octanol–water partition coefficient (Wildman–Crippen LogP) is 1.44. The van der Waals surface area contributed by atoms with Crippen LogP contribution < -0.4 is 11.1 Å². The zero-order valence-electron chi connectivity index (χ0n) is 11.0. The normalized spacial score (nSPS) is 10.2. The first-order valence-electron chi connectivity index (χ1n) is 6.05. The van der Waals surface area contributed by atoms with E-state index >= 15 is 0 Å². The van der Waals surface area contributed by atoms with Gasteiger partial charge in [0.05, 0.1) is 16.9 Å². The molecule has 0 aliphatic rings. The fourth-order valence-corrected chi connectivity index (χ4v) is 1.90. The SMILES string of the molecule is CCc1nn(C)cc1CNc1ncc(C#N)cc1N. The van der Waals surface area contributed by atoms with E-state index in [9.17, 15) is 0 Å². The Hall–Kier alpha value is -2.55. The number of hydrogen-bond acceptors (Lipinski definition) is 5. The number of aromatic nitrogens is 3. The minimum Gasteiger partial charge on any atom is -0.396 e. The smallest absolute Gasteiger partial charge is 0.149 e. The molecule has 19 heavy (non-hydrogen) atoms. The first-order chi connectivity index (χ1) is 9.13. The molecule has 2 aromatic heterocycles. The van der Waals surface area contributed by atoms with Crippen molar-refractivity contribution in [2.75, 3.05) is 11.1 Å². The molecule has 0 saturated heterocycles. The highest BCUT2D eigenvalue weighted by atomic mass is 15.3. The molecule has 6 heteroatoms. The van der Waals surface area contributed by atoms with Crippen molar-refractivity contribution in [3.8, 4) is 6.07 Å². The highest BCUT2D eigenvalue weighted by Gasteiger charge is 2.07. The predicted molar refractivity (Wildman–Crippen MR) is 73.3 cm³/mol. The van der Waals surface area contributed by atoms with Crippen LogP contribution in [0.4, 0.5) is 11.5 Å². The van der Waals surface area contributed by atoms with Crippen LogP contribution >= 0.6 is 0 Å². The number of aryl methyl sites for hydroxylation is 2. The van der Waals surface area contributed by atoms with E-state index < -0.39 is 0 Å². The maximum Gasteiger partial charge on any atom is 0.149 e. The van der Waals surface area contributed by atoms with Gasteiger partial charge in [-0.15, -0.1) is 0 Å². The molecule has 0 amide bonds. The number of nitrogens with two attached hydrogens (primary N) is 1. The third-order valence-electron chi connectivity index (χ3n) is 2.82. The molecule has 0 aromatic carbocycles. The van der Waals surface area contributed by atoms with E-state index in [1.165, 1.54) is 6.20 Å². The Bertz CT molecular complexity index is 623. The van der Waals surface area contributed by atoms with E-state index in [0.29, 0.717) is 23.6 Å². The number of hydrogen-bond donors (Lipinski definition) is 2. The molecular formula is C13H16N6. The summed E-state index contributed by atoms with van der Waals surface area (Å²) in [5, 5.41) is 16.3. The van der Waals surface area contributed by atoms with Gasteiger partial charge in [0.1, 0.15) is 11.9 Å². The summed E-state index contributed by atoms with van der Waals surface area (Å²) in [5.74, 6) is 0.588. The summed E-state index contributed by atoms with van der Waals surface area (Å²) in [4.78, 5) is 4.14. The molecule has 2 rings (SSSR count). The molecule has 98 valence electrons. The minimum atomic E-state index is 0.457. The van der Waals surface area contributed by atoms with Gasteiger partial charge < -0.3 is 11.1 Å². The molecule has 0 bridgehead atoms. The molecule has 0 radical (unpaired) electrons. The summed E-state index contributed by atoms with van der Waals surface area (Å²) in [6.07, 6.45) is 4.36. The summed E-state index contributed by atoms with van der Waals surface area (Å²) >= 11 is 0. The Morgan fingerprint density at radius 3 is 2.95 bits per heavy atom. The van der Waals surface area contributed by atoms with Gasteiger partial charge >= 0.3 is 0 Å². The molecule has 0 aliphatic heterocycles. The van der Waals surface area contributed by atoms with Crippen LogP contribution in [-0.4, -0.2) is 14.8 Å². The second kappa shape index (κ2) is 5.40. The number of nitriles is 1. The van der Waals surface area contributed by atoms with Crippen molar-refractivity contribution < 1.29 is 0 Å². The average Bonchev–Trinajstić information content (AvgIpc) is 2.77. The first-order valence-corrected chi connectivity index (χ1v) is 6.05. The van der Waals surface area contributed by atoms with E-state index in [1.54, 1.807) is 10.7 Å². The minimum absolute atomic E-state index is 0.457. The van der Waals surface area contributed by atoms with Crippen molar-refractivity contribution >= 4 is 11.5 Å². The van der Waals surface area contributed by atoms with Gasteiger partial charge in [0, 0.05) is 31.5 Å². The summed E-state index contributed by atoms with van der Waals surface area (Å²) in [6.45, 7) is 2.68. The van der Waals surface area contributed by atoms with Gasteiger partial charge in [0.25, 0.3) is 0 Å². The van der Waals surface area contributed by atoms with Crippen LogP contribution in [0, 0.1) is 11.3 Å². The molecule has 6 nitrogen and oxygen atoms in total. The fraction of sp³-hybridized carbons (Fsp3) is 0.308. The Balaban J connectivity index is 2.12. The van der Waals surface area contributed by atoms with Gasteiger partial charge in [0.15, 0.2) is 0 Å². The van der Waals surface area contributed by atoms with Crippen LogP contribution in [0.25, 0.3) is 0 Å². The van der Waals surface area contributed by atoms with E-state index in [-0.39, 0.29) is 0 Å². The molecule has 0 atom stereocenters. The van der Waals surface area contributed by atoms with Crippen molar-refractivity contribution in [3.63, 3.8) is 0 Å². The number of nitrogen functional groups attached to an aromatic ring is 1. The molecule has 0 spiro atoms. The van der Waals surface area contributed by atoms with Crippen LogP contribution in [0.15, 0.2) is 18.5 Å². The number of nitrogens with zero attached hydrogens (tertiary/aromatic N) is 4. The van der Waals surface area contributed by atoms with Crippen molar-refractivity contribution in [2.45, 2.75) is 19.9 Å². The van der Waals surface area contributed by atoms with Crippen molar-refractivity contribution in [1.29, 1.82) is 5.26 Å². The maximum absolute atomic E-state index is 8.75. The number of rotatable bonds is 4. The third kappa shape index (κ3) is 2.83. The second-order valence-electron chi connectivity index (χ2n) is 4.26. The standard InChI is InChI=1S/C13H16N6/c1-3-12-10(8-19(2)18-12)7-17-13-11(15)4-9(5-14)6-16-13/h4,6,8H,3,7,15H2,1-2H3,(H,16,17). The highest BCUT2D eigenvalue weighted by Crippen LogP contribution is 2.17. The van der Waals surface area contributed by atoms with Crippen LogP contribution in [0.5, 0.6) is 0 Å². The van der Waals surface area contributed by atoms with Crippen LogP contribution in [0.1, 0.15) is 23.7 Å². The topological polar surface area (TPSA) is 92.5 Å². The molecule has 0 unspecified atom stereocenters. The maximum atomic E-state index is 8.75. The quantitative estimate of drug-likeness (QED) is 0.863. The van der Waals surface area contributed by atoms with Gasteiger partial charge in [-0.25, -0.2) is 4.98 Å². The Labute approximate surface area is 111 Å². The number of pyridine rings is 1. The van der Waals surface area contributed by atoms with Gasteiger partial charge in [-0.05, 0) is 12.5 Å². The molecule has 3 N–H and O–H groups in total. The summed E-state index contributed by atoms with van der Waals surface area (Å²) in [5.41, 5.74) is 8.95. The lowest BCUT2D eigenvalue weighted by molar-refractivity contribution is 0.746. The lowest BCUT2D eigenvalue weighted by Gasteiger charge is -2.07.